The molecule has 3 aromatic rings. The second-order valence-electron chi connectivity index (χ2n) is 5.58. The lowest BCUT2D eigenvalue weighted by molar-refractivity contribution is -0.113. The molecule has 0 bridgehead atoms. The van der Waals surface area contributed by atoms with Crippen LogP contribution in [0.4, 0.5) is 5.00 Å². The Labute approximate surface area is 155 Å². The zero-order valence-electron chi connectivity index (χ0n) is 13.1. The fourth-order valence-electron chi connectivity index (χ4n) is 2.93. The van der Waals surface area contributed by atoms with Crippen LogP contribution >= 0.6 is 34.4 Å². The summed E-state index contributed by atoms with van der Waals surface area (Å²) in [6, 6.07) is 1.95. The summed E-state index contributed by atoms with van der Waals surface area (Å²) < 4.78 is 0. The first-order chi connectivity index (χ1) is 12.1. The van der Waals surface area contributed by atoms with Gasteiger partial charge in [-0.2, -0.15) is 0 Å². The van der Waals surface area contributed by atoms with Gasteiger partial charge in [0, 0.05) is 10.3 Å². The van der Waals surface area contributed by atoms with Gasteiger partial charge in [0.05, 0.1) is 11.3 Å². The molecule has 4 rings (SSSR count). The summed E-state index contributed by atoms with van der Waals surface area (Å²) in [5.74, 6) is -0.435. The Balaban J connectivity index is 1.48. The van der Waals surface area contributed by atoms with Gasteiger partial charge in [0.25, 0.3) is 5.91 Å². The SMILES string of the molecule is NC(=O)c1c(NC(=O)CSc2ncnc3sccc23)sc2c1CCC2. The highest BCUT2D eigenvalue weighted by atomic mass is 32.2. The number of fused-ring (bicyclic) bond motifs is 2. The van der Waals surface area contributed by atoms with Gasteiger partial charge in [0.15, 0.2) is 0 Å². The Morgan fingerprint density at radius 2 is 2.20 bits per heavy atom. The number of aromatic nitrogens is 2. The molecule has 0 saturated heterocycles. The maximum atomic E-state index is 12.3. The summed E-state index contributed by atoms with van der Waals surface area (Å²) in [6.45, 7) is 0. The molecule has 1 aliphatic carbocycles. The van der Waals surface area contributed by atoms with Gasteiger partial charge in [-0.3, -0.25) is 9.59 Å². The molecule has 3 N–H and O–H groups in total. The van der Waals surface area contributed by atoms with Crippen molar-refractivity contribution in [3.63, 3.8) is 0 Å². The van der Waals surface area contributed by atoms with E-state index in [2.05, 4.69) is 15.3 Å². The standard InChI is InChI=1S/C16H14N4O2S3/c17-13(22)12-8-2-1-3-10(8)25-16(12)20-11(21)6-24-15-9-4-5-23-14(9)18-7-19-15/h4-5,7H,1-3,6H2,(H2,17,22)(H,20,21). The van der Waals surface area contributed by atoms with Gasteiger partial charge >= 0.3 is 0 Å². The van der Waals surface area contributed by atoms with E-state index in [0.717, 1.165) is 44.9 Å². The molecule has 2 amide bonds. The Hall–Kier alpha value is -1.97. The highest BCUT2D eigenvalue weighted by Gasteiger charge is 2.26. The first kappa shape index (κ1) is 16.5. The van der Waals surface area contributed by atoms with Crippen LogP contribution in [0.2, 0.25) is 0 Å². The lowest BCUT2D eigenvalue weighted by Gasteiger charge is -2.06. The van der Waals surface area contributed by atoms with Crippen molar-refractivity contribution in [2.24, 2.45) is 5.73 Å². The van der Waals surface area contributed by atoms with Crippen LogP contribution in [-0.4, -0.2) is 27.5 Å². The third kappa shape index (κ3) is 3.14. The third-order valence-electron chi connectivity index (χ3n) is 3.99. The highest BCUT2D eigenvalue weighted by molar-refractivity contribution is 8.00. The minimum Gasteiger partial charge on any atom is -0.365 e. The van der Waals surface area contributed by atoms with Crippen molar-refractivity contribution < 1.29 is 9.59 Å². The average Bonchev–Trinajstić information content (AvgIpc) is 3.27. The third-order valence-corrected chi connectivity index (χ3v) is 7.02. The fourth-order valence-corrected chi connectivity index (χ4v) is 5.82. The predicted octanol–water partition coefficient (Wildman–Crippen LogP) is 3.07. The van der Waals surface area contributed by atoms with Gasteiger partial charge in [-0.25, -0.2) is 9.97 Å². The van der Waals surface area contributed by atoms with Crippen molar-refractivity contribution in [1.82, 2.24) is 9.97 Å². The maximum Gasteiger partial charge on any atom is 0.251 e. The Bertz CT molecular complexity index is 979. The maximum absolute atomic E-state index is 12.3. The van der Waals surface area contributed by atoms with Crippen LogP contribution in [0, 0.1) is 0 Å². The first-order valence-electron chi connectivity index (χ1n) is 7.68. The quantitative estimate of drug-likeness (QED) is 0.515. The molecule has 9 heteroatoms. The number of hydrogen-bond donors (Lipinski definition) is 2. The summed E-state index contributed by atoms with van der Waals surface area (Å²) in [5, 5.41) is 7.12. The molecule has 0 saturated carbocycles. The largest absolute Gasteiger partial charge is 0.365 e. The number of aryl methyl sites for hydroxylation is 1. The molecule has 0 spiro atoms. The molecule has 3 heterocycles. The van der Waals surface area contributed by atoms with E-state index < -0.39 is 5.91 Å². The number of primary amides is 1. The number of nitrogens with one attached hydrogen (secondary N) is 1. The van der Waals surface area contributed by atoms with E-state index in [0.29, 0.717) is 10.6 Å². The van der Waals surface area contributed by atoms with Crippen LogP contribution in [-0.2, 0) is 17.6 Å². The molecule has 0 aromatic carbocycles. The molecule has 128 valence electrons. The van der Waals surface area contributed by atoms with Crippen LogP contribution in [0.5, 0.6) is 0 Å². The first-order valence-corrected chi connectivity index (χ1v) is 10.4. The van der Waals surface area contributed by atoms with Gasteiger partial charge in [-0.05, 0) is 36.3 Å². The molecule has 6 nitrogen and oxygen atoms in total. The number of nitrogens with two attached hydrogens (primary N) is 1. The van der Waals surface area contributed by atoms with Gasteiger partial charge in [-0.1, -0.05) is 11.8 Å². The van der Waals surface area contributed by atoms with Crippen molar-refractivity contribution >= 4 is 61.5 Å². The van der Waals surface area contributed by atoms with Crippen molar-refractivity contribution in [2.45, 2.75) is 24.3 Å². The Morgan fingerprint density at radius 1 is 1.32 bits per heavy atom. The lowest BCUT2D eigenvalue weighted by atomic mass is 10.1. The molecular formula is C16H14N4O2S3. The van der Waals surface area contributed by atoms with Crippen LogP contribution in [0.25, 0.3) is 10.2 Å². The van der Waals surface area contributed by atoms with Gasteiger partial charge < -0.3 is 11.1 Å². The van der Waals surface area contributed by atoms with Gasteiger partial charge in [0.2, 0.25) is 5.91 Å². The number of carbonyl (C=O) groups excluding carboxylic acids is 2. The zero-order valence-corrected chi connectivity index (χ0v) is 15.5. The molecule has 0 atom stereocenters. The number of amides is 2. The Kier molecular flexibility index (Phi) is 4.45. The molecule has 0 aliphatic heterocycles. The van der Waals surface area contributed by atoms with Crippen LogP contribution in [0.3, 0.4) is 0 Å². The van der Waals surface area contributed by atoms with Crippen LogP contribution in [0.15, 0.2) is 22.8 Å². The van der Waals surface area contributed by atoms with Crippen molar-refractivity contribution in [1.29, 1.82) is 0 Å². The van der Waals surface area contributed by atoms with E-state index in [1.54, 1.807) is 11.3 Å². The summed E-state index contributed by atoms with van der Waals surface area (Å²) in [5.41, 5.74) is 7.01. The molecule has 0 fully saturated rings. The lowest BCUT2D eigenvalue weighted by Crippen LogP contribution is -2.18. The number of nitrogens with zero attached hydrogens (tertiary/aromatic N) is 2. The normalized spacial score (nSPS) is 13.1. The average molecular weight is 391 g/mol. The summed E-state index contributed by atoms with van der Waals surface area (Å²) in [7, 11) is 0. The molecule has 0 radical (unpaired) electrons. The van der Waals surface area contributed by atoms with Crippen molar-refractivity contribution in [3.8, 4) is 0 Å². The van der Waals surface area contributed by atoms with E-state index in [1.165, 1.54) is 29.4 Å². The fraction of sp³-hybridized carbons (Fsp3) is 0.250. The van der Waals surface area contributed by atoms with E-state index in [-0.39, 0.29) is 11.7 Å². The topological polar surface area (TPSA) is 98.0 Å². The number of rotatable bonds is 5. The molecule has 1 aliphatic rings. The number of anilines is 1. The van der Waals surface area contributed by atoms with Crippen LogP contribution < -0.4 is 11.1 Å². The summed E-state index contributed by atoms with van der Waals surface area (Å²) in [6.07, 6.45) is 4.34. The molecular weight excluding hydrogens is 376 g/mol. The summed E-state index contributed by atoms with van der Waals surface area (Å²) >= 11 is 4.37. The minimum absolute atomic E-state index is 0.172. The Morgan fingerprint density at radius 3 is 3.04 bits per heavy atom. The molecule has 3 aromatic heterocycles. The van der Waals surface area contributed by atoms with Gasteiger partial charge in [-0.15, -0.1) is 22.7 Å². The minimum atomic E-state index is -0.474. The monoisotopic (exact) mass is 390 g/mol. The number of carbonyl (C=O) groups is 2. The number of hydrogen-bond acceptors (Lipinski definition) is 7. The zero-order chi connectivity index (χ0) is 17.4. The predicted molar refractivity (Wildman–Crippen MR) is 102 cm³/mol. The number of thioether (sulfide) groups is 1. The summed E-state index contributed by atoms with van der Waals surface area (Å²) in [4.78, 5) is 34.6. The van der Waals surface area contributed by atoms with Crippen LogP contribution in [0.1, 0.15) is 27.2 Å². The second-order valence-corrected chi connectivity index (χ2v) is 8.54. The van der Waals surface area contributed by atoms with Gasteiger partial charge in [0.1, 0.15) is 21.2 Å². The van der Waals surface area contributed by atoms with E-state index in [9.17, 15) is 9.59 Å². The van der Waals surface area contributed by atoms with E-state index in [4.69, 9.17) is 5.73 Å². The highest BCUT2D eigenvalue weighted by Crippen LogP contribution is 2.39. The second kappa shape index (κ2) is 6.74. The smallest absolute Gasteiger partial charge is 0.251 e. The van der Waals surface area contributed by atoms with E-state index in [1.807, 2.05) is 11.4 Å². The molecule has 0 unspecified atom stereocenters. The van der Waals surface area contributed by atoms with E-state index >= 15 is 0 Å². The number of thiophene rings is 2. The van der Waals surface area contributed by atoms with Crippen molar-refractivity contribution in [3.05, 3.63) is 33.8 Å². The van der Waals surface area contributed by atoms with Crippen molar-refractivity contribution in [2.75, 3.05) is 11.1 Å². The molecule has 25 heavy (non-hydrogen) atoms.